The van der Waals surface area contributed by atoms with Gasteiger partial charge < -0.3 is 9.64 Å². The monoisotopic (exact) mass is 251 g/mol. The van der Waals surface area contributed by atoms with Crippen LogP contribution in [0.4, 0.5) is 4.39 Å². The minimum Gasteiger partial charge on any atom is -0.359 e. The van der Waals surface area contributed by atoms with Crippen LogP contribution in [0.15, 0.2) is 24.3 Å². The summed E-state index contributed by atoms with van der Waals surface area (Å²) in [6.45, 7) is 4.94. The molecule has 1 aliphatic rings. The molecule has 1 fully saturated rings. The van der Waals surface area contributed by atoms with Crippen LogP contribution in [-0.2, 0) is 16.0 Å². The van der Waals surface area contributed by atoms with E-state index in [4.69, 9.17) is 4.74 Å². The average molecular weight is 251 g/mol. The van der Waals surface area contributed by atoms with E-state index in [1.165, 1.54) is 12.1 Å². The van der Waals surface area contributed by atoms with Crippen LogP contribution in [0.1, 0.15) is 25.8 Å². The quantitative estimate of drug-likeness (QED) is 0.825. The molecule has 1 amide bonds. The lowest BCUT2D eigenvalue weighted by Crippen LogP contribution is -2.44. The third-order valence-electron chi connectivity index (χ3n) is 3.25. The largest absolute Gasteiger partial charge is 0.359 e. The number of aryl methyl sites for hydroxylation is 1. The van der Waals surface area contributed by atoms with Crippen LogP contribution in [0, 0.1) is 5.82 Å². The van der Waals surface area contributed by atoms with Gasteiger partial charge in [0.1, 0.15) is 12.5 Å². The first-order valence-electron chi connectivity index (χ1n) is 6.12. The van der Waals surface area contributed by atoms with E-state index in [1.54, 1.807) is 17.0 Å². The highest BCUT2D eigenvalue weighted by Gasteiger charge is 2.35. The number of hydrogen-bond donors (Lipinski definition) is 0. The molecule has 98 valence electrons. The van der Waals surface area contributed by atoms with Crippen molar-refractivity contribution in [2.75, 3.05) is 13.3 Å². The molecule has 1 aromatic rings. The van der Waals surface area contributed by atoms with Gasteiger partial charge in [0.05, 0.1) is 12.1 Å². The number of benzene rings is 1. The molecule has 1 aromatic carbocycles. The molecule has 0 spiro atoms. The van der Waals surface area contributed by atoms with Crippen molar-refractivity contribution in [3.8, 4) is 0 Å². The zero-order chi connectivity index (χ0) is 13.2. The van der Waals surface area contributed by atoms with Gasteiger partial charge in [0.2, 0.25) is 5.91 Å². The molecule has 0 aromatic heterocycles. The number of nitrogens with zero attached hydrogens (tertiary/aromatic N) is 1. The van der Waals surface area contributed by atoms with Gasteiger partial charge in [-0.05, 0) is 38.0 Å². The van der Waals surface area contributed by atoms with Crippen molar-refractivity contribution < 1.29 is 13.9 Å². The summed E-state index contributed by atoms with van der Waals surface area (Å²) < 4.78 is 18.1. The van der Waals surface area contributed by atoms with Gasteiger partial charge >= 0.3 is 0 Å². The van der Waals surface area contributed by atoms with E-state index in [1.807, 2.05) is 13.8 Å². The first kappa shape index (κ1) is 13.0. The van der Waals surface area contributed by atoms with Crippen molar-refractivity contribution in [1.82, 2.24) is 4.90 Å². The summed E-state index contributed by atoms with van der Waals surface area (Å²) >= 11 is 0. The molecule has 18 heavy (non-hydrogen) atoms. The molecule has 0 atom stereocenters. The van der Waals surface area contributed by atoms with E-state index in [9.17, 15) is 9.18 Å². The Bertz CT molecular complexity index is 428. The third kappa shape index (κ3) is 2.88. The van der Waals surface area contributed by atoms with Crippen LogP contribution in [0.3, 0.4) is 0 Å². The molecule has 0 aliphatic carbocycles. The van der Waals surface area contributed by atoms with Crippen molar-refractivity contribution in [3.05, 3.63) is 35.6 Å². The molecule has 1 saturated heterocycles. The smallest absolute Gasteiger partial charge is 0.225 e. The molecule has 3 nitrogen and oxygen atoms in total. The molecule has 2 rings (SSSR count). The predicted octanol–water partition coefficient (Wildman–Crippen LogP) is 2.35. The summed E-state index contributed by atoms with van der Waals surface area (Å²) in [6, 6.07) is 6.27. The number of hydrogen-bond acceptors (Lipinski definition) is 2. The van der Waals surface area contributed by atoms with Crippen LogP contribution in [0.2, 0.25) is 0 Å². The first-order valence-corrected chi connectivity index (χ1v) is 6.12. The summed E-state index contributed by atoms with van der Waals surface area (Å²) in [5.74, 6) is -0.166. The SMILES string of the molecule is CC1(C)COCN1C(=O)CCc1ccc(F)cc1. The standard InChI is InChI=1S/C14H18FNO2/c1-14(2)9-18-10-16(14)13(17)8-5-11-3-6-12(15)7-4-11/h3-4,6-7H,5,8-10H2,1-2H3. The van der Waals surface area contributed by atoms with Gasteiger partial charge in [-0.25, -0.2) is 4.39 Å². The van der Waals surface area contributed by atoms with Crippen molar-refractivity contribution in [2.45, 2.75) is 32.2 Å². The molecule has 0 saturated carbocycles. The molecule has 1 heterocycles. The molecule has 0 bridgehead atoms. The lowest BCUT2D eigenvalue weighted by Gasteiger charge is -2.29. The van der Waals surface area contributed by atoms with E-state index in [-0.39, 0.29) is 17.3 Å². The molecular weight excluding hydrogens is 233 g/mol. The molecule has 4 heteroatoms. The van der Waals surface area contributed by atoms with E-state index < -0.39 is 0 Å². The Labute approximate surface area is 107 Å². The van der Waals surface area contributed by atoms with Gasteiger partial charge in [0, 0.05) is 6.42 Å². The van der Waals surface area contributed by atoms with Crippen LogP contribution >= 0.6 is 0 Å². The van der Waals surface area contributed by atoms with Crippen LogP contribution in [0.5, 0.6) is 0 Å². The second-order valence-electron chi connectivity index (χ2n) is 5.24. The summed E-state index contributed by atoms with van der Waals surface area (Å²) in [4.78, 5) is 13.8. The predicted molar refractivity (Wildman–Crippen MR) is 66.5 cm³/mol. The zero-order valence-electron chi connectivity index (χ0n) is 10.8. The number of carbonyl (C=O) groups is 1. The fourth-order valence-electron chi connectivity index (χ4n) is 2.09. The van der Waals surface area contributed by atoms with E-state index in [0.29, 0.717) is 26.2 Å². The summed E-state index contributed by atoms with van der Waals surface area (Å²) in [5, 5.41) is 0. The normalized spacial score (nSPS) is 18.1. The van der Waals surface area contributed by atoms with Gasteiger partial charge in [-0.3, -0.25) is 4.79 Å². The average Bonchev–Trinajstić information content (AvgIpc) is 2.68. The number of halogens is 1. The fraction of sp³-hybridized carbons (Fsp3) is 0.500. The van der Waals surface area contributed by atoms with Gasteiger partial charge in [-0.1, -0.05) is 12.1 Å². The molecule has 0 unspecified atom stereocenters. The maximum atomic E-state index is 12.7. The Morgan fingerprint density at radius 1 is 1.39 bits per heavy atom. The second-order valence-corrected chi connectivity index (χ2v) is 5.24. The maximum Gasteiger partial charge on any atom is 0.225 e. The second kappa shape index (κ2) is 5.06. The van der Waals surface area contributed by atoms with Gasteiger partial charge in [0.25, 0.3) is 0 Å². The van der Waals surface area contributed by atoms with Gasteiger partial charge in [0.15, 0.2) is 0 Å². The Balaban J connectivity index is 1.90. The maximum absolute atomic E-state index is 12.7. The lowest BCUT2D eigenvalue weighted by molar-refractivity contribution is -0.135. The highest BCUT2D eigenvalue weighted by molar-refractivity contribution is 5.77. The summed E-state index contributed by atoms with van der Waals surface area (Å²) in [5.41, 5.74) is 0.752. The highest BCUT2D eigenvalue weighted by atomic mass is 19.1. The van der Waals surface area contributed by atoms with Crippen molar-refractivity contribution in [1.29, 1.82) is 0 Å². The van der Waals surface area contributed by atoms with Gasteiger partial charge in [-0.15, -0.1) is 0 Å². The van der Waals surface area contributed by atoms with E-state index >= 15 is 0 Å². The van der Waals surface area contributed by atoms with Crippen molar-refractivity contribution in [3.63, 3.8) is 0 Å². The zero-order valence-corrected chi connectivity index (χ0v) is 10.8. The minimum absolute atomic E-state index is 0.0850. The lowest BCUT2D eigenvalue weighted by atomic mass is 10.0. The van der Waals surface area contributed by atoms with Crippen LogP contribution < -0.4 is 0 Å². The number of ether oxygens (including phenoxy) is 1. The van der Waals surface area contributed by atoms with E-state index in [0.717, 1.165) is 5.56 Å². The number of amides is 1. The highest BCUT2D eigenvalue weighted by Crippen LogP contribution is 2.22. The Morgan fingerprint density at radius 3 is 2.61 bits per heavy atom. The molecular formula is C14H18FNO2. The fourth-order valence-corrected chi connectivity index (χ4v) is 2.09. The minimum atomic E-state index is -0.251. The van der Waals surface area contributed by atoms with E-state index in [2.05, 4.69) is 0 Å². The van der Waals surface area contributed by atoms with Crippen molar-refractivity contribution >= 4 is 5.91 Å². The Hall–Kier alpha value is -1.42. The first-order chi connectivity index (χ1) is 8.49. The number of rotatable bonds is 3. The topological polar surface area (TPSA) is 29.5 Å². The Kier molecular flexibility index (Phi) is 3.66. The third-order valence-corrected chi connectivity index (χ3v) is 3.25. The van der Waals surface area contributed by atoms with Crippen molar-refractivity contribution in [2.24, 2.45) is 0 Å². The van der Waals surface area contributed by atoms with Crippen LogP contribution in [0.25, 0.3) is 0 Å². The summed E-state index contributed by atoms with van der Waals surface area (Å²) in [7, 11) is 0. The summed E-state index contributed by atoms with van der Waals surface area (Å²) in [6.07, 6.45) is 1.06. The molecule has 0 N–H and O–H groups in total. The Morgan fingerprint density at radius 2 is 2.06 bits per heavy atom. The number of carbonyl (C=O) groups excluding carboxylic acids is 1. The van der Waals surface area contributed by atoms with Gasteiger partial charge in [-0.2, -0.15) is 0 Å². The molecule has 1 aliphatic heterocycles. The van der Waals surface area contributed by atoms with Crippen LogP contribution in [-0.4, -0.2) is 29.7 Å². The molecule has 0 radical (unpaired) electrons.